The Hall–Kier alpha value is -5.45. The number of amides is 1. The number of carbonyl (C=O) groups is 1. The third kappa shape index (κ3) is 5.64. The quantitative estimate of drug-likeness (QED) is 0.247. The first kappa shape index (κ1) is 27.1. The molecule has 9 nitrogen and oxygen atoms in total. The lowest BCUT2D eigenvalue weighted by Crippen LogP contribution is -2.27. The maximum Gasteiger partial charge on any atom is 0.267 e. The first-order valence-corrected chi connectivity index (χ1v) is 12.5. The second-order valence-corrected chi connectivity index (χ2v) is 9.12. The van der Waals surface area contributed by atoms with E-state index in [-0.39, 0.29) is 29.2 Å². The highest BCUT2D eigenvalue weighted by Gasteiger charge is 2.17. The Morgan fingerprint density at radius 2 is 1.85 bits per heavy atom. The normalized spacial score (nSPS) is 10.8. The summed E-state index contributed by atoms with van der Waals surface area (Å²) in [5, 5.41) is 14.3. The summed E-state index contributed by atoms with van der Waals surface area (Å²) < 4.78 is 37.2. The zero-order valence-corrected chi connectivity index (χ0v) is 22.1. The Morgan fingerprint density at radius 3 is 2.54 bits per heavy atom. The average molecular weight is 555 g/mol. The number of nitrogens with one attached hydrogen (secondary N) is 2. The van der Waals surface area contributed by atoms with Crippen molar-refractivity contribution in [3.05, 3.63) is 118 Å². The van der Waals surface area contributed by atoms with Gasteiger partial charge < -0.3 is 15.5 Å². The number of pyridine rings is 2. The molecule has 2 N–H and O–H groups in total. The van der Waals surface area contributed by atoms with Crippen LogP contribution < -0.4 is 15.6 Å². The summed E-state index contributed by atoms with van der Waals surface area (Å²) in [5.41, 5.74) is 2.61. The van der Waals surface area contributed by atoms with Gasteiger partial charge in [0.1, 0.15) is 17.1 Å². The van der Waals surface area contributed by atoms with Crippen molar-refractivity contribution in [2.75, 3.05) is 5.32 Å². The van der Waals surface area contributed by atoms with Crippen LogP contribution in [-0.4, -0.2) is 31.5 Å². The maximum absolute atomic E-state index is 15.1. The molecule has 1 amide bonds. The standard InChI is InChI=1S/C30H24F2N6O3/c1-18-24(17-35-37(18)2)19-14-28(26(11-12-33)34-16-19)41-27-10-7-21(15-25(27)32)36-29(39)23-4-3-13-38(30(23)40)22-8-5-20(31)6-9-22/h3-10,12-17,33H,11H2,1-2H3,(H,36,39). The summed E-state index contributed by atoms with van der Waals surface area (Å²) in [6, 6.07) is 13.7. The van der Waals surface area contributed by atoms with E-state index in [1.54, 1.807) is 23.1 Å². The van der Waals surface area contributed by atoms with Gasteiger partial charge in [-0.05, 0) is 61.5 Å². The van der Waals surface area contributed by atoms with Crippen LogP contribution in [-0.2, 0) is 13.5 Å². The van der Waals surface area contributed by atoms with Crippen LogP contribution in [0.25, 0.3) is 16.8 Å². The second-order valence-electron chi connectivity index (χ2n) is 9.12. The van der Waals surface area contributed by atoms with Gasteiger partial charge in [0.2, 0.25) is 0 Å². The van der Waals surface area contributed by atoms with Crippen LogP contribution in [0.15, 0.2) is 84.0 Å². The van der Waals surface area contributed by atoms with Crippen LogP contribution in [0.4, 0.5) is 14.5 Å². The summed E-state index contributed by atoms with van der Waals surface area (Å²) in [7, 11) is 1.82. The molecule has 0 saturated heterocycles. The van der Waals surface area contributed by atoms with Gasteiger partial charge in [-0.25, -0.2) is 8.78 Å². The molecule has 0 spiro atoms. The topological polar surface area (TPSA) is 115 Å². The van der Waals surface area contributed by atoms with Crippen molar-refractivity contribution >= 4 is 17.8 Å². The summed E-state index contributed by atoms with van der Waals surface area (Å²) >= 11 is 0. The zero-order valence-electron chi connectivity index (χ0n) is 22.1. The number of hydrogen-bond acceptors (Lipinski definition) is 6. The average Bonchev–Trinajstić information content (AvgIpc) is 3.29. The van der Waals surface area contributed by atoms with Gasteiger partial charge in [-0.1, -0.05) is 0 Å². The number of aryl methyl sites for hydroxylation is 1. The first-order chi connectivity index (χ1) is 19.7. The Morgan fingerprint density at radius 1 is 1.07 bits per heavy atom. The van der Waals surface area contributed by atoms with Gasteiger partial charge in [0, 0.05) is 66.3 Å². The fourth-order valence-electron chi connectivity index (χ4n) is 4.19. The lowest BCUT2D eigenvalue weighted by Gasteiger charge is -2.13. The minimum Gasteiger partial charge on any atom is -0.452 e. The molecular formula is C30H24F2N6O3. The summed E-state index contributed by atoms with van der Waals surface area (Å²) in [6.07, 6.45) is 6.17. The summed E-state index contributed by atoms with van der Waals surface area (Å²) in [6.45, 7) is 1.91. The molecule has 0 saturated carbocycles. The predicted octanol–water partition coefficient (Wildman–Crippen LogP) is 5.46. The van der Waals surface area contributed by atoms with Gasteiger partial charge in [0.25, 0.3) is 11.5 Å². The molecule has 41 heavy (non-hydrogen) atoms. The third-order valence-corrected chi connectivity index (χ3v) is 6.48. The molecule has 0 bridgehead atoms. The van der Waals surface area contributed by atoms with E-state index < -0.39 is 23.1 Å². The highest BCUT2D eigenvalue weighted by Crippen LogP contribution is 2.33. The monoisotopic (exact) mass is 554 g/mol. The van der Waals surface area contributed by atoms with E-state index in [1.165, 1.54) is 65.5 Å². The number of nitrogens with zero attached hydrogens (tertiary/aromatic N) is 4. The van der Waals surface area contributed by atoms with E-state index in [1.807, 2.05) is 14.0 Å². The molecule has 0 unspecified atom stereocenters. The number of anilines is 1. The number of rotatable bonds is 8. The molecule has 0 aliphatic rings. The molecule has 0 aliphatic carbocycles. The van der Waals surface area contributed by atoms with Crippen molar-refractivity contribution < 1.29 is 18.3 Å². The van der Waals surface area contributed by atoms with Crippen LogP contribution >= 0.6 is 0 Å². The SMILES string of the molecule is Cc1c(-c2cnc(CC=N)c(Oc3ccc(NC(=O)c4cccn(-c5ccc(F)cc5)c4=O)cc3F)c2)cnn1C. The van der Waals surface area contributed by atoms with Crippen molar-refractivity contribution in [2.24, 2.45) is 7.05 Å². The largest absolute Gasteiger partial charge is 0.452 e. The van der Waals surface area contributed by atoms with Gasteiger partial charge in [0.15, 0.2) is 11.6 Å². The Balaban J connectivity index is 1.38. The highest BCUT2D eigenvalue weighted by atomic mass is 19.1. The number of ether oxygens (including phenoxy) is 1. The van der Waals surface area contributed by atoms with Gasteiger partial charge >= 0.3 is 0 Å². The molecule has 5 rings (SSSR count). The van der Waals surface area contributed by atoms with Crippen molar-refractivity contribution in [3.63, 3.8) is 0 Å². The fourth-order valence-corrected chi connectivity index (χ4v) is 4.19. The molecule has 2 aromatic carbocycles. The van der Waals surface area contributed by atoms with Crippen LogP contribution in [0, 0.1) is 24.0 Å². The smallest absolute Gasteiger partial charge is 0.267 e. The van der Waals surface area contributed by atoms with E-state index in [0.717, 1.165) is 22.9 Å². The van der Waals surface area contributed by atoms with Crippen LogP contribution in [0.3, 0.4) is 0 Å². The number of aromatic nitrogens is 4. The fraction of sp³-hybridized carbons (Fsp3) is 0.100. The Kier molecular flexibility index (Phi) is 7.51. The van der Waals surface area contributed by atoms with Gasteiger partial charge in [-0.15, -0.1) is 0 Å². The minimum atomic E-state index is -0.761. The van der Waals surface area contributed by atoms with E-state index >= 15 is 4.39 Å². The number of halogens is 2. The van der Waals surface area contributed by atoms with Crippen LogP contribution in [0.2, 0.25) is 0 Å². The van der Waals surface area contributed by atoms with Gasteiger partial charge in [0.05, 0.1) is 11.9 Å². The Bertz CT molecular complexity index is 1830. The van der Waals surface area contributed by atoms with Crippen molar-refractivity contribution in [2.45, 2.75) is 13.3 Å². The second kappa shape index (κ2) is 11.3. The van der Waals surface area contributed by atoms with Crippen LogP contribution in [0.1, 0.15) is 21.7 Å². The predicted molar refractivity (Wildman–Crippen MR) is 150 cm³/mol. The molecule has 0 fully saturated rings. The molecule has 0 atom stereocenters. The minimum absolute atomic E-state index is 0.106. The van der Waals surface area contributed by atoms with Crippen molar-refractivity contribution in [3.8, 4) is 28.3 Å². The lowest BCUT2D eigenvalue weighted by molar-refractivity contribution is 0.102. The van der Waals surface area contributed by atoms with E-state index in [9.17, 15) is 14.0 Å². The lowest BCUT2D eigenvalue weighted by atomic mass is 10.1. The molecule has 11 heteroatoms. The molecule has 206 valence electrons. The number of carbonyl (C=O) groups excluding carboxylic acids is 1. The number of hydrogen-bond donors (Lipinski definition) is 2. The van der Waals surface area contributed by atoms with Crippen LogP contribution in [0.5, 0.6) is 11.5 Å². The third-order valence-electron chi connectivity index (χ3n) is 6.48. The van der Waals surface area contributed by atoms with Crippen molar-refractivity contribution in [1.82, 2.24) is 19.3 Å². The number of benzene rings is 2. The Labute approximate surface area is 233 Å². The zero-order chi connectivity index (χ0) is 29.1. The highest BCUT2D eigenvalue weighted by molar-refractivity contribution is 6.04. The van der Waals surface area contributed by atoms with Gasteiger partial charge in [-0.2, -0.15) is 5.10 Å². The molecule has 0 aliphatic heterocycles. The van der Waals surface area contributed by atoms with E-state index in [4.69, 9.17) is 10.1 Å². The first-order valence-electron chi connectivity index (χ1n) is 12.5. The summed E-state index contributed by atoms with van der Waals surface area (Å²) in [4.78, 5) is 30.2. The molecular weight excluding hydrogens is 530 g/mol. The van der Waals surface area contributed by atoms with Gasteiger partial charge in [-0.3, -0.25) is 23.8 Å². The maximum atomic E-state index is 15.1. The molecule has 3 heterocycles. The molecule has 0 radical (unpaired) electrons. The van der Waals surface area contributed by atoms with E-state index in [2.05, 4.69) is 15.4 Å². The van der Waals surface area contributed by atoms with Crippen molar-refractivity contribution in [1.29, 1.82) is 5.41 Å². The molecule has 3 aromatic heterocycles. The molecule has 5 aromatic rings. The summed E-state index contributed by atoms with van der Waals surface area (Å²) in [5.74, 6) is -1.80. The van der Waals surface area contributed by atoms with E-state index in [0.29, 0.717) is 11.4 Å².